The van der Waals surface area contributed by atoms with Crippen LogP contribution in [0, 0.1) is 0 Å². The molecule has 2 fully saturated rings. The number of amides is 3. The van der Waals surface area contributed by atoms with Crippen LogP contribution in [0.25, 0.3) is 0 Å². The van der Waals surface area contributed by atoms with Crippen LogP contribution >= 0.6 is 0 Å². The molecule has 8 heteroatoms. The highest BCUT2D eigenvalue weighted by atomic mass is 16.6. The van der Waals surface area contributed by atoms with Gasteiger partial charge in [-0.15, -0.1) is 5.11 Å². The van der Waals surface area contributed by atoms with Crippen LogP contribution in [0.4, 0.5) is 4.79 Å². The summed E-state index contributed by atoms with van der Waals surface area (Å²) in [5, 5.41) is 7.36. The molecular formula is C20H26N4O4. The van der Waals surface area contributed by atoms with Gasteiger partial charge in [-0.3, -0.25) is 9.59 Å². The Balaban J connectivity index is 1.65. The third-order valence-corrected chi connectivity index (χ3v) is 5.48. The van der Waals surface area contributed by atoms with E-state index in [4.69, 9.17) is 4.74 Å². The second-order valence-corrected chi connectivity index (χ2v) is 7.17. The van der Waals surface area contributed by atoms with Crippen LogP contribution < -0.4 is 0 Å². The van der Waals surface area contributed by atoms with E-state index in [0.717, 1.165) is 18.4 Å². The molecule has 0 aromatic heterocycles. The first-order valence-electron chi connectivity index (χ1n) is 9.67. The van der Waals surface area contributed by atoms with Crippen molar-refractivity contribution in [2.24, 2.45) is 10.2 Å². The Morgan fingerprint density at radius 3 is 2.46 bits per heavy atom. The quantitative estimate of drug-likeness (QED) is 0.744. The third kappa shape index (κ3) is 4.21. The van der Waals surface area contributed by atoms with Crippen molar-refractivity contribution in [1.82, 2.24) is 9.80 Å². The van der Waals surface area contributed by atoms with E-state index >= 15 is 0 Å². The molecule has 8 nitrogen and oxygen atoms in total. The number of benzene rings is 1. The molecule has 2 heterocycles. The molecule has 0 bridgehead atoms. The summed E-state index contributed by atoms with van der Waals surface area (Å²) in [6, 6.07) is 9.47. The maximum Gasteiger partial charge on any atom is 0.410 e. The highest BCUT2D eigenvalue weighted by Crippen LogP contribution is 2.34. The number of ether oxygens (including phenoxy) is 1. The van der Waals surface area contributed by atoms with Crippen molar-refractivity contribution in [3.8, 4) is 0 Å². The molecule has 3 amide bonds. The highest BCUT2D eigenvalue weighted by Gasteiger charge is 2.49. The number of azo groups is 1. The van der Waals surface area contributed by atoms with Crippen LogP contribution in [0.2, 0.25) is 0 Å². The van der Waals surface area contributed by atoms with Gasteiger partial charge in [0, 0.05) is 33.1 Å². The molecule has 1 aromatic rings. The van der Waals surface area contributed by atoms with Gasteiger partial charge in [0.15, 0.2) is 0 Å². The molecular weight excluding hydrogens is 360 g/mol. The van der Waals surface area contributed by atoms with Crippen LogP contribution in [0.5, 0.6) is 0 Å². The molecule has 0 radical (unpaired) electrons. The molecule has 0 N–H and O–H groups in total. The maximum atomic E-state index is 12.8. The number of carbonyl (C=O) groups is 3. The molecule has 28 heavy (non-hydrogen) atoms. The Kier molecular flexibility index (Phi) is 6.38. The zero-order valence-electron chi connectivity index (χ0n) is 16.2. The van der Waals surface area contributed by atoms with E-state index in [1.165, 1.54) is 7.05 Å². The summed E-state index contributed by atoms with van der Waals surface area (Å²) in [5.41, 5.74) is -0.0904. The van der Waals surface area contributed by atoms with E-state index < -0.39 is 17.5 Å². The molecule has 0 spiro atoms. The molecule has 1 aromatic carbocycles. The monoisotopic (exact) mass is 386 g/mol. The molecule has 0 saturated carbocycles. The number of nitrogens with zero attached hydrogens (tertiary/aromatic N) is 4. The Morgan fingerprint density at radius 1 is 1.11 bits per heavy atom. The molecule has 0 atom stereocenters. The van der Waals surface area contributed by atoms with Gasteiger partial charge in [-0.1, -0.05) is 30.3 Å². The number of hydrogen-bond acceptors (Lipinski definition) is 5. The van der Waals surface area contributed by atoms with Crippen molar-refractivity contribution in [2.75, 3.05) is 26.7 Å². The second kappa shape index (κ2) is 8.95. The molecule has 2 saturated heterocycles. The van der Waals surface area contributed by atoms with Gasteiger partial charge in [0.25, 0.3) is 5.91 Å². The lowest BCUT2D eigenvalue weighted by atomic mass is 9.83. The van der Waals surface area contributed by atoms with E-state index in [-0.39, 0.29) is 12.5 Å². The summed E-state index contributed by atoms with van der Waals surface area (Å²) in [7, 11) is 1.44. The summed E-state index contributed by atoms with van der Waals surface area (Å²) in [6.07, 6.45) is 2.43. The summed E-state index contributed by atoms with van der Waals surface area (Å²) in [6.45, 7) is 1.42. The molecule has 2 aliphatic heterocycles. The Labute approximate surface area is 164 Å². The molecule has 0 unspecified atom stereocenters. The fraction of sp³-hybridized carbons (Fsp3) is 0.550. The lowest BCUT2D eigenvalue weighted by Gasteiger charge is -2.47. The number of likely N-dealkylation sites (tertiary alicyclic amines) is 2. The van der Waals surface area contributed by atoms with Gasteiger partial charge in [-0.05, 0) is 31.2 Å². The van der Waals surface area contributed by atoms with Crippen LogP contribution in [0.1, 0.15) is 37.7 Å². The van der Waals surface area contributed by atoms with Crippen molar-refractivity contribution < 1.29 is 19.1 Å². The minimum atomic E-state index is -1.01. The first-order valence-corrected chi connectivity index (χ1v) is 9.67. The van der Waals surface area contributed by atoms with Crippen molar-refractivity contribution >= 4 is 17.9 Å². The molecule has 0 aliphatic carbocycles. The smallest absolute Gasteiger partial charge is 0.410 e. The average Bonchev–Trinajstić information content (AvgIpc) is 2.73. The molecule has 2 aliphatic rings. The predicted molar refractivity (Wildman–Crippen MR) is 102 cm³/mol. The van der Waals surface area contributed by atoms with Crippen LogP contribution in [0.15, 0.2) is 40.6 Å². The predicted octanol–water partition coefficient (Wildman–Crippen LogP) is 2.78. The number of rotatable bonds is 4. The van der Waals surface area contributed by atoms with E-state index in [1.54, 1.807) is 9.80 Å². The van der Waals surface area contributed by atoms with E-state index in [9.17, 15) is 14.4 Å². The van der Waals surface area contributed by atoms with Gasteiger partial charge >= 0.3 is 6.09 Å². The fourth-order valence-electron chi connectivity index (χ4n) is 3.91. The van der Waals surface area contributed by atoms with Gasteiger partial charge in [0.2, 0.25) is 5.91 Å². The minimum Gasteiger partial charge on any atom is -0.445 e. The molecule has 3 rings (SSSR count). The summed E-state index contributed by atoms with van der Waals surface area (Å²) >= 11 is 0. The van der Waals surface area contributed by atoms with Gasteiger partial charge in [0.1, 0.15) is 12.1 Å². The number of hydrogen-bond donors (Lipinski definition) is 0. The van der Waals surface area contributed by atoms with Gasteiger partial charge in [-0.2, -0.15) is 5.11 Å². The number of piperidine rings is 2. The second-order valence-electron chi connectivity index (χ2n) is 7.17. The standard InChI is InChI=1S/C20H26N4O4/c1-21-22-18(26)20(24-12-6-5-9-17(24)25)10-13-23(14-11-20)19(27)28-15-16-7-3-2-4-8-16/h2-4,7-8H,5-6,9-15H2,1H3. The van der Waals surface area contributed by atoms with E-state index in [0.29, 0.717) is 38.9 Å². The average molecular weight is 386 g/mol. The maximum absolute atomic E-state index is 12.8. The highest BCUT2D eigenvalue weighted by molar-refractivity contribution is 5.92. The third-order valence-electron chi connectivity index (χ3n) is 5.48. The van der Waals surface area contributed by atoms with Gasteiger partial charge in [0.05, 0.1) is 0 Å². The van der Waals surface area contributed by atoms with Crippen molar-refractivity contribution in [3.05, 3.63) is 35.9 Å². The summed E-state index contributed by atoms with van der Waals surface area (Å²) in [5.74, 6) is -0.423. The topological polar surface area (TPSA) is 91.6 Å². The fourth-order valence-corrected chi connectivity index (χ4v) is 3.91. The van der Waals surface area contributed by atoms with Crippen LogP contribution in [0.3, 0.4) is 0 Å². The largest absolute Gasteiger partial charge is 0.445 e. The van der Waals surface area contributed by atoms with E-state index in [1.807, 2.05) is 30.3 Å². The zero-order valence-corrected chi connectivity index (χ0v) is 16.2. The van der Waals surface area contributed by atoms with Crippen molar-refractivity contribution in [1.29, 1.82) is 0 Å². The Morgan fingerprint density at radius 2 is 1.82 bits per heavy atom. The van der Waals surface area contributed by atoms with Crippen LogP contribution in [-0.2, 0) is 20.9 Å². The van der Waals surface area contributed by atoms with Gasteiger partial charge < -0.3 is 14.5 Å². The molecule has 150 valence electrons. The first kappa shape index (κ1) is 20.0. The zero-order chi connectivity index (χ0) is 20.0. The Hall–Kier alpha value is -2.77. The lowest BCUT2D eigenvalue weighted by molar-refractivity contribution is -0.151. The van der Waals surface area contributed by atoms with Crippen LogP contribution in [-0.4, -0.2) is 59.9 Å². The minimum absolute atomic E-state index is 0.0222. The first-order chi connectivity index (χ1) is 13.6. The summed E-state index contributed by atoms with van der Waals surface area (Å²) in [4.78, 5) is 40.9. The van der Waals surface area contributed by atoms with Crippen molar-refractivity contribution in [2.45, 2.75) is 44.2 Å². The summed E-state index contributed by atoms with van der Waals surface area (Å²) < 4.78 is 5.39. The Bertz CT molecular complexity index is 742. The van der Waals surface area contributed by atoms with E-state index in [2.05, 4.69) is 10.2 Å². The van der Waals surface area contributed by atoms with Crippen molar-refractivity contribution in [3.63, 3.8) is 0 Å². The normalized spacial score (nSPS) is 19.7. The SMILES string of the molecule is CN=NC(=O)C1(N2CCCCC2=O)CCN(C(=O)OCc2ccccc2)CC1. The lowest BCUT2D eigenvalue weighted by Crippen LogP contribution is -2.62. The van der Waals surface area contributed by atoms with Gasteiger partial charge in [-0.25, -0.2) is 4.79 Å². The number of carbonyl (C=O) groups excluding carboxylic acids is 3.